The van der Waals surface area contributed by atoms with Gasteiger partial charge in [0.25, 0.3) is 0 Å². The molecule has 0 aliphatic heterocycles. The van der Waals surface area contributed by atoms with Gasteiger partial charge in [-0.2, -0.15) is 0 Å². The summed E-state index contributed by atoms with van der Waals surface area (Å²) in [6.07, 6.45) is 4.09. The fourth-order valence-electron chi connectivity index (χ4n) is 2.94. The zero-order valence-corrected chi connectivity index (χ0v) is 13.3. The van der Waals surface area contributed by atoms with Crippen LogP contribution in [0.1, 0.15) is 31.2 Å². The molecule has 2 rings (SSSR count). The number of halogens is 1. The minimum Gasteiger partial charge on any atom is -0.496 e. The molecule has 1 saturated carbocycles. The molecule has 21 heavy (non-hydrogen) atoms. The predicted octanol–water partition coefficient (Wildman–Crippen LogP) is 3.17. The molecule has 1 aliphatic rings. The molecule has 0 radical (unpaired) electrons. The number of carbonyl (C=O) groups is 1. The SMILES string of the molecule is COC(=O)[C@@H]1CCCC[C@@H]1NCc1cc(Cl)ccc1OC. The van der Waals surface area contributed by atoms with Crippen LogP contribution in [0.2, 0.25) is 5.02 Å². The van der Waals surface area contributed by atoms with E-state index in [-0.39, 0.29) is 17.9 Å². The summed E-state index contributed by atoms with van der Waals surface area (Å²) in [4.78, 5) is 11.9. The maximum Gasteiger partial charge on any atom is 0.310 e. The van der Waals surface area contributed by atoms with E-state index in [2.05, 4.69) is 5.32 Å². The Kier molecular flexibility index (Phi) is 5.88. The maximum absolute atomic E-state index is 11.9. The van der Waals surface area contributed by atoms with Crippen molar-refractivity contribution in [1.29, 1.82) is 0 Å². The summed E-state index contributed by atoms with van der Waals surface area (Å²) in [5.74, 6) is 0.622. The summed E-state index contributed by atoms with van der Waals surface area (Å²) < 4.78 is 10.3. The Morgan fingerprint density at radius 3 is 2.81 bits per heavy atom. The van der Waals surface area contributed by atoms with Gasteiger partial charge in [-0.1, -0.05) is 24.4 Å². The zero-order valence-electron chi connectivity index (χ0n) is 12.5. The number of carbonyl (C=O) groups excluding carboxylic acids is 1. The molecule has 0 heterocycles. The van der Waals surface area contributed by atoms with E-state index in [0.29, 0.717) is 11.6 Å². The van der Waals surface area contributed by atoms with Gasteiger partial charge in [-0.05, 0) is 31.0 Å². The van der Waals surface area contributed by atoms with E-state index in [4.69, 9.17) is 21.1 Å². The van der Waals surface area contributed by atoms with Crippen molar-refractivity contribution in [3.05, 3.63) is 28.8 Å². The molecule has 1 aliphatic carbocycles. The van der Waals surface area contributed by atoms with Crippen molar-refractivity contribution in [2.75, 3.05) is 14.2 Å². The number of ether oxygens (including phenoxy) is 2. The molecule has 5 heteroatoms. The Bertz CT molecular complexity index is 492. The largest absolute Gasteiger partial charge is 0.496 e. The Morgan fingerprint density at radius 2 is 2.10 bits per heavy atom. The molecule has 0 unspecified atom stereocenters. The highest BCUT2D eigenvalue weighted by Gasteiger charge is 2.31. The number of hydrogen-bond donors (Lipinski definition) is 1. The number of hydrogen-bond acceptors (Lipinski definition) is 4. The molecule has 0 saturated heterocycles. The molecule has 1 fully saturated rings. The zero-order chi connectivity index (χ0) is 15.2. The third kappa shape index (κ3) is 4.11. The van der Waals surface area contributed by atoms with E-state index in [9.17, 15) is 4.79 Å². The van der Waals surface area contributed by atoms with Crippen LogP contribution in [0, 0.1) is 5.92 Å². The van der Waals surface area contributed by atoms with Crippen molar-refractivity contribution >= 4 is 17.6 Å². The van der Waals surface area contributed by atoms with Gasteiger partial charge in [0.1, 0.15) is 5.75 Å². The van der Waals surface area contributed by atoms with Crippen molar-refractivity contribution in [3.8, 4) is 5.75 Å². The first-order valence-electron chi connectivity index (χ1n) is 7.29. The molecule has 1 N–H and O–H groups in total. The lowest BCUT2D eigenvalue weighted by molar-refractivity contribution is -0.147. The molecule has 0 bridgehead atoms. The van der Waals surface area contributed by atoms with E-state index < -0.39 is 0 Å². The molecule has 4 nitrogen and oxygen atoms in total. The molecule has 0 spiro atoms. The fourth-order valence-corrected chi connectivity index (χ4v) is 3.13. The normalized spacial score (nSPS) is 21.9. The highest BCUT2D eigenvalue weighted by molar-refractivity contribution is 6.30. The Hall–Kier alpha value is -1.26. The van der Waals surface area contributed by atoms with Gasteiger partial charge in [0, 0.05) is 23.2 Å². The highest BCUT2D eigenvalue weighted by Crippen LogP contribution is 2.27. The Morgan fingerprint density at radius 1 is 1.33 bits per heavy atom. The number of benzene rings is 1. The molecular formula is C16H22ClNO3. The van der Waals surface area contributed by atoms with Gasteiger partial charge in [0.05, 0.1) is 20.1 Å². The molecular weight excluding hydrogens is 290 g/mol. The van der Waals surface area contributed by atoms with Crippen LogP contribution in [0.25, 0.3) is 0 Å². The summed E-state index contributed by atoms with van der Waals surface area (Å²) in [7, 11) is 3.10. The first kappa shape index (κ1) is 16.1. The number of nitrogens with one attached hydrogen (secondary N) is 1. The third-order valence-corrected chi connectivity index (χ3v) is 4.30. The average molecular weight is 312 g/mol. The average Bonchev–Trinajstić information content (AvgIpc) is 2.52. The number of rotatable bonds is 5. The van der Waals surface area contributed by atoms with Crippen molar-refractivity contribution < 1.29 is 14.3 Å². The predicted molar refractivity (Wildman–Crippen MR) is 82.6 cm³/mol. The van der Waals surface area contributed by atoms with E-state index in [1.807, 2.05) is 18.2 Å². The van der Waals surface area contributed by atoms with E-state index in [0.717, 1.165) is 37.0 Å². The van der Waals surface area contributed by atoms with Gasteiger partial charge in [0.15, 0.2) is 0 Å². The quantitative estimate of drug-likeness (QED) is 0.849. The van der Waals surface area contributed by atoms with Crippen LogP contribution in [0.15, 0.2) is 18.2 Å². The summed E-state index contributed by atoms with van der Waals surface area (Å²) in [5, 5.41) is 4.15. The summed E-state index contributed by atoms with van der Waals surface area (Å²) >= 11 is 6.04. The minimum absolute atomic E-state index is 0.0612. The van der Waals surface area contributed by atoms with Gasteiger partial charge in [-0.25, -0.2) is 0 Å². The molecule has 116 valence electrons. The van der Waals surface area contributed by atoms with E-state index in [1.165, 1.54) is 7.11 Å². The topological polar surface area (TPSA) is 47.6 Å². The Balaban J connectivity index is 2.03. The lowest BCUT2D eigenvalue weighted by Crippen LogP contribution is -2.42. The molecule has 2 atom stereocenters. The molecule has 0 amide bonds. The van der Waals surface area contributed by atoms with E-state index in [1.54, 1.807) is 7.11 Å². The fraction of sp³-hybridized carbons (Fsp3) is 0.562. The second-order valence-corrected chi connectivity index (χ2v) is 5.79. The van der Waals surface area contributed by atoms with Gasteiger partial charge in [-0.15, -0.1) is 0 Å². The lowest BCUT2D eigenvalue weighted by Gasteiger charge is -2.30. The second kappa shape index (κ2) is 7.66. The smallest absolute Gasteiger partial charge is 0.310 e. The second-order valence-electron chi connectivity index (χ2n) is 5.36. The van der Waals surface area contributed by atoms with Gasteiger partial charge < -0.3 is 14.8 Å². The summed E-state index contributed by atoms with van der Waals surface area (Å²) in [6, 6.07) is 5.71. The van der Waals surface area contributed by atoms with Crippen LogP contribution in [0.3, 0.4) is 0 Å². The van der Waals surface area contributed by atoms with Crippen LogP contribution in [-0.4, -0.2) is 26.2 Å². The van der Waals surface area contributed by atoms with Crippen LogP contribution in [0.4, 0.5) is 0 Å². The standard InChI is InChI=1S/C16H22ClNO3/c1-20-15-8-7-12(17)9-11(15)10-18-14-6-4-3-5-13(14)16(19)21-2/h7-9,13-14,18H,3-6,10H2,1-2H3/t13-,14+/m1/s1. The monoisotopic (exact) mass is 311 g/mol. The first-order chi connectivity index (χ1) is 10.2. The molecule has 1 aromatic carbocycles. The number of esters is 1. The van der Waals surface area contributed by atoms with Gasteiger partial charge in [0.2, 0.25) is 0 Å². The summed E-state index contributed by atoms with van der Waals surface area (Å²) in [5.41, 5.74) is 0.999. The highest BCUT2D eigenvalue weighted by atomic mass is 35.5. The van der Waals surface area contributed by atoms with Crippen LogP contribution in [-0.2, 0) is 16.1 Å². The maximum atomic E-state index is 11.9. The van der Waals surface area contributed by atoms with Crippen LogP contribution >= 0.6 is 11.6 Å². The lowest BCUT2D eigenvalue weighted by atomic mass is 9.84. The Labute approximate surface area is 130 Å². The van der Waals surface area contributed by atoms with Crippen LogP contribution in [0.5, 0.6) is 5.75 Å². The number of methoxy groups -OCH3 is 2. The van der Waals surface area contributed by atoms with Crippen molar-refractivity contribution in [1.82, 2.24) is 5.32 Å². The third-order valence-electron chi connectivity index (χ3n) is 4.07. The van der Waals surface area contributed by atoms with Crippen molar-refractivity contribution in [2.24, 2.45) is 5.92 Å². The van der Waals surface area contributed by atoms with Crippen LogP contribution < -0.4 is 10.1 Å². The minimum atomic E-state index is -0.120. The van der Waals surface area contributed by atoms with Gasteiger partial charge in [-0.3, -0.25) is 4.79 Å². The molecule has 1 aromatic rings. The van der Waals surface area contributed by atoms with E-state index >= 15 is 0 Å². The first-order valence-corrected chi connectivity index (χ1v) is 7.67. The summed E-state index contributed by atoms with van der Waals surface area (Å²) in [6.45, 7) is 0.627. The molecule has 0 aromatic heterocycles. The van der Waals surface area contributed by atoms with Crippen molar-refractivity contribution in [3.63, 3.8) is 0 Å². The van der Waals surface area contributed by atoms with Gasteiger partial charge >= 0.3 is 5.97 Å². The van der Waals surface area contributed by atoms with Crippen molar-refractivity contribution in [2.45, 2.75) is 38.3 Å².